The Bertz CT molecular complexity index is 435. The van der Waals surface area contributed by atoms with E-state index in [0.29, 0.717) is 6.04 Å². The molecule has 1 fully saturated rings. The van der Waals surface area contributed by atoms with Gasteiger partial charge in [0.15, 0.2) is 0 Å². The van der Waals surface area contributed by atoms with E-state index in [0.717, 1.165) is 25.1 Å². The zero-order chi connectivity index (χ0) is 12.5. The standard InChI is InChI=1S/C14H19NO3/c1-17-13-4-2-3-9-5-12-14(6-11(9)13)18-10(8-16)7-15-12/h2-4,10,12,14-16H,5-8H2,1H3/t10-,12+,14+/m0/s1. The summed E-state index contributed by atoms with van der Waals surface area (Å²) in [5, 5.41) is 12.7. The fourth-order valence-corrected chi connectivity index (χ4v) is 2.97. The average molecular weight is 249 g/mol. The van der Waals surface area contributed by atoms with E-state index in [4.69, 9.17) is 9.47 Å². The molecule has 4 heteroatoms. The Kier molecular flexibility index (Phi) is 3.24. The molecule has 2 N–H and O–H groups in total. The van der Waals surface area contributed by atoms with Gasteiger partial charge in [-0.2, -0.15) is 0 Å². The van der Waals surface area contributed by atoms with Crippen molar-refractivity contribution in [1.82, 2.24) is 5.32 Å². The molecule has 1 saturated heterocycles. The largest absolute Gasteiger partial charge is 0.496 e. The summed E-state index contributed by atoms with van der Waals surface area (Å²) in [6, 6.07) is 6.55. The Morgan fingerprint density at radius 3 is 3.11 bits per heavy atom. The minimum atomic E-state index is -0.0810. The van der Waals surface area contributed by atoms with Crippen molar-refractivity contribution in [3.63, 3.8) is 0 Å². The van der Waals surface area contributed by atoms with Crippen LogP contribution in [0.4, 0.5) is 0 Å². The highest BCUT2D eigenvalue weighted by molar-refractivity contribution is 5.43. The van der Waals surface area contributed by atoms with Crippen LogP contribution in [0, 0.1) is 0 Å². The number of hydrogen-bond donors (Lipinski definition) is 2. The van der Waals surface area contributed by atoms with Gasteiger partial charge in [-0.25, -0.2) is 0 Å². The maximum atomic E-state index is 9.19. The van der Waals surface area contributed by atoms with Gasteiger partial charge in [0, 0.05) is 19.0 Å². The van der Waals surface area contributed by atoms with Crippen LogP contribution in [0.2, 0.25) is 0 Å². The fourth-order valence-electron chi connectivity index (χ4n) is 2.97. The summed E-state index contributed by atoms with van der Waals surface area (Å²) in [6.07, 6.45) is 1.88. The van der Waals surface area contributed by atoms with Crippen LogP contribution in [0.5, 0.6) is 5.75 Å². The normalized spacial score (nSPS) is 30.4. The van der Waals surface area contributed by atoms with Crippen LogP contribution in [0.3, 0.4) is 0 Å². The van der Waals surface area contributed by atoms with E-state index in [1.54, 1.807) is 7.11 Å². The molecule has 0 radical (unpaired) electrons. The summed E-state index contributed by atoms with van der Waals surface area (Å²) < 4.78 is 11.3. The van der Waals surface area contributed by atoms with Gasteiger partial charge in [-0.3, -0.25) is 0 Å². The van der Waals surface area contributed by atoms with Gasteiger partial charge in [-0.05, 0) is 23.6 Å². The lowest BCUT2D eigenvalue weighted by molar-refractivity contribution is -0.0844. The molecule has 98 valence electrons. The smallest absolute Gasteiger partial charge is 0.122 e. The van der Waals surface area contributed by atoms with Crippen LogP contribution in [0.1, 0.15) is 11.1 Å². The van der Waals surface area contributed by atoms with Gasteiger partial charge in [0.1, 0.15) is 5.75 Å². The van der Waals surface area contributed by atoms with Gasteiger partial charge >= 0.3 is 0 Å². The lowest BCUT2D eigenvalue weighted by atomic mass is 9.84. The Hall–Kier alpha value is -1.10. The number of aliphatic hydroxyl groups is 1. The van der Waals surface area contributed by atoms with Crippen LogP contribution < -0.4 is 10.1 Å². The molecule has 3 atom stereocenters. The van der Waals surface area contributed by atoms with E-state index in [1.807, 2.05) is 12.1 Å². The molecule has 0 unspecified atom stereocenters. The number of ether oxygens (including phenoxy) is 2. The zero-order valence-electron chi connectivity index (χ0n) is 10.6. The second-order valence-electron chi connectivity index (χ2n) is 5.00. The fraction of sp³-hybridized carbons (Fsp3) is 0.571. The van der Waals surface area contributed by atoms with Crippen molar-refractivity contribution in [2.24, 2.45) is 0 Å². The predicted octanol–water partition coefficient (Wildman–Crippen LogP) is 0.512. The van der Waals surface area contributed by atoms with Crippen LogP contribution in [-0.2, 0) is 17.6 Å². The van der Waals surface area contributed by atoms with E-state index >= 15 is 0 Å². The number of nitrogens with one attached hydrogen (secondary N) is 1. The number of hydrogen-bond acceptors (Lipinski definition) is 4. The third-order valence-corrected chi connectivity index (χ3v) is 3.92. The minimum Gasteiger partial charge on any atom is -0.496 e. The molecule has 0 spiro atoms. The highest BCUT2D eigenvalue weighted by Gasteiger charge is 2.35. The van der Waals surface area contributed by atoms with Crippen LogP contribution in [0.25, 0.3) is 0 Å². The zero-order valence-corrected chi connectivity index (χ0v) is 10.6. The van der Waals surface area contributed by atoms with Crippen molar-refractivity contribution in [3.8, 4) is 5.75 Å². The quantitative estimate of drug-likeness (QED) is 0.802. The Morgan fingerprint density at radius 1 is 1.44 bits per heavy atom. The monoisotopic (exact) mass is 249 g/mol. The summed E-state index contributed by atoms with van der Waals surface area (Å²) in [7, 11) is 1.71. The molecule has 3 rings (SSSR count). The van der Waals surface area contributed by atoms with Gasteiger partial charge in [0.25, 0.3) is 0 Å². The highest BCUT2D eigenvalue weighted by atomic mass is 16.5. The first-order valence-electron chi connectivity index (χ1n) is 6.46. The van der Waals surface area contributed by atoms with Gasteiger partial charge in [0.2, 0.25) is 0 Å². The molecule has 1 aromatic carbocycles. The molecule has 1 aromatic rings. The summed E-state index contributed by atoms with van der Waals surface area (Å²) in [6.45, 7) is 0.811. The molecular formula is C14H19NO3. The second kappa shape index (κ2) is 4.88. The maximum Gasteiger partial charge on any atom is 0.122 e. The van der Waals surface area contributed by atoms with Crippen molar-refractivity contribution in [3.05, 3.63) is 29.3 Å². The lowest BCUT2D eigenvalue weighted by Crippen LogP contribution is -2.56. The molecule has 2 aliphatic rings. The third-order valence-electron chi connectivity index (χ3n) is 3.92. The molecule has 0 aromatic heterocycles. The van der Waals surface area contributed by atoms with Crippen molar-refractivity contribution in [1.29, 1.82) is 0 Å². The predicted molar refractivity (Wildman–Crippen MR) is 67.9 cm³/mol. The molecule has 1 heterocycles. The first-order chi connectivity index (χ1) is 8.81. The molecule has 1 aliphatic carbocycles. The van der Waals surface area contributed by atoms with E-state index < -0.39 is 0 Å². The molecule has 0 saturated carbocycles. The van der Waals surface area contributed by atoms with Crippen molar-refractivity contribution >= 4 is 0 Å². The van der Waals surface area contributed by atoms with Crippen LogP contribution in [0.15, 0.2) is 18.2 Å². The minimum absolute atomic E-state index is 0.0784. The first kappa shape index (κ1) is 12.0. The average Bonchev–Trinajstić information content (AvgIpc) is 2.43. The molecule has 1 aliphatic heterocycles. The number of morpholine rings is 1. The van der Waals surface area contributed by atoms with Gasteiger partial charge < -0.3 is 19.9 Å². The van der Waals surface area contributed by atoms with Gasteiger partial charge in [0.05, 0.1) is 25.9 Å². The van der Waals surface area contributed by atoms with Crippen LogP contribution in [-0.4, -0.2) is 43.6 Å². The first-order valence-corrected chi connectivity index (χ1v) is 6.46. The van der Waals surface area contributed by atoms with Gasteiger partial charge in [-0.15, -0.1) is 0 Å². The Labute approximate surface area is 107 Å². The molecular weight excluding hydrogens is 230 g/mol. The Morgan fingerprint density at radius 2 is 2.33 bits per heavy atom. The lowest BCUT2D eigenvalue weighted by Gasteiger charge is -2.40. The van der Waals surface area contributed by atoms with Crippen molar-refractivity contribution in [2.75, 3.05) is 20.3 Å². The second-order valence-corrected chi connectivity index (χ2v) is 5.00. The molecule has 4 nitrogen and oxygen atoms in total. The van der Waals surface area contributed by atoms with Gasteiger partial charge in [-0.1, -0.05) is 12.1 Å². The molecule has 0 amide bonds. The summed E-state index contributed by atoms with van der Waals surface area (Å²) in [4.78, 5) is 0. The van der Waals surface area contributed by atoms with E-state index in [9.17, 15) is 5.11 Å². The van der Waals surface area contributed by atoms with Crippen molar-refractivity contribution < 1.29 is 14.6 Å². The summed E-state index contributed by atoms with van der Waals surface area (Å²) in [5.41, 5.74) is 2.59. The number of fused-ring (bicyclic) bond motifs is 2. The van der Waals surface area contributed by atoms with Crippen LogP contribution >= 0.6 is 0 Å². The Balaban J connectivity index is 1.86. The SMILES string of the molecule is COc1cccc2c1C[C@H]1O[C@H](CO)CN[C@@H]1C2. The number of aliphatic hydroxyl groups excluding tert-OH is 1. The van der Waals surface area contributed by atoms with E-state index in [-0.39, 0.29) is 18.8 Å². The molecule has 0 bridgehead atoms. The number of methoxy groups -OCH3 is 1. The number of rotatable bonds is 2. The number of benzene rings is 1. The van der Waals surface area contributed by atoms with E-state index in [1.165, 1.54) is 11.1 Å². The molecule has 18 heavy (non-hydrogen) atoms. The maximum absolute atomic E-state index is 9.19. The highest BCUT2D eigenvalue weighted by Crippen LogP contribution is 2.32. The summed E-state index contributed by atoms with van der Waals surface area (Å²) in [5.74, 6) is 0.945. The summed E-state index contributed by atoms with van der Waals surface area (Å²) >= 11 is 0. The van der Waals surface area contributed by atoms with E-state index in [2.05, 4.69) is 11.4 Å². The van der Waals surface area contributed by atoms with Crippen molar-refractivity contribution in [2.45, 2.75) is 31.1 Å². The topological polar surface area (TPSA) is 50.7 Å². The third kappa shape index (κ3) is 2.00.